The third-order valence-corrected chi connectivity index (χ3v) is 2.15. The maximum absolute atomic E-state index is 11.3. The Morgan fingerprint density at radius 1 is 1.53 bits per heavy atom. The monoisotopic (exact) mass is 208 g/mol. The molecule has 0 bridgehead atoms. The summed E-state index contributed by atoms with van der Waals surface area (Å²) in [6.45, 7) is 4.15. The van der Waals surface area contributed by atoms with Gasteiger partial charge < -0.3 is 10.2 Å². The number of ether oxygens (including phenoxy) is 1. The van der Waals surface area contributed by atoms with Crippen molar-refractivity contribution in [1.29, 1.82) is 0 Å². The number of anilines is 1. The number of nitrogen functional groups attached to an aromatic ring is 1. The topological polar surface area (TPSA) is 64.3 Å². The molecule has 0 saturated heterocycles. The summed E-state index contributed by atoms with van der Waals surface area (Å²) >= 11 is 0. The van der Waals surface area contributed by atoms with Gasteiger partial charge in [-0.2, -0.15) is 0 Å². The molecule has 0 radical (unpaired) electrons. The molecular formula is C11H16N2O2. The molecule has 0 aliphatic rings. The highest BCUT2D eigenvalue weighted by molar-refractivity contribution is 5.73. The first kappa shape index (κ1) is 11.5. The Labute approximate surface area is 89.4 Å². The lowest BCUT2D eigenvalue weighted by Gasteiger charge is -2.07. The Morgan fingerprint density at radius 3 is 2.80 bits per heavy atom. The largest absolute Gasteiger partial charge is 0.466 e. The average Bonchev–Trinajstić information content (AvgIpc) is 2.21. The van der Waals surface area contributed by atoms with Crippen LogP contribution < -0.4 is 11.3 Å². The van der Waals surface area contributed by atoms with E-state index in [-0.39, 0.29) is 5.97 Å². The standard InChI is InChI=1S/C11H16N2O2/c1-3-15-11(14)7-9-4-5-10(13-12)6-8(9)2/h4-6,13H,3,7,12H2,1-2H3. The summed E-state index contributed by atoms with van der Waals surface area (Å²) in [5, 5.41) is 0. The molecule has 4 nitrogen and oxygen atoms in total. The van der Waals surface area contributed by atoms with Crippen LogP contribution in [0.1, 0.15) is 18.1 Å². The van der Waals surface area contributed by atoms with E-state index in [1.54, 1.807) is 6.92 Å². The van der Waals surface area contributed by atoms with Gasteiger partial charge in [0.15, 0.2) is 0 Å². The highest BCUT2D eigenvalue weighted by Gasteiger charge is 2.06. The number of hydrogen-bond acceptors (Lipinski definition) is 4. The molecular weight excluding hydrogens is 192 g/mol. The van der Waals surface area contributed by atoms with Crippen LogP contribution in [0.3, 0.4) is 0 Å². The second-order valence-electron chi connectivity index (χ2n) is 3.27. The highest BCUT2D eigenvalue weighted by atomic mass is 16.5. The van der Waals surface area contributed by atoms with Crippen molar-refractivity contribution in [2.45, 2.75) is 20.3 Å². The van der Waals surface area contributed by atoms with Crippen molar-refractivity contribution in [3.05, 3.63) is 29.3 Å². The Balaban J connectivity index is 2.73. The molecule has 0 heterocycles. The maximum Gasteiger partial charge on any atom is 0.310 e. The maximum atomic E-state index is 11.3. The second kappa shape index (κ2) is 5.36. The van der Waals surface area contributed by atoms with Crippen LogP contribution in [-0.2, 0) is 16.0 Å². The first-order valence-corrected chi connectivity index (χ1v) is 4.89. The van der Waals surface area contributed by atoms with Crippen LogP contribution in [-0.4, -0.2) is 12.6 Å². The van der Waals surface area contributed by atoms with E-state index in [1.165, 1.54) is 0 Å². The van der Waals surface area contributed by atoms with Gasteiger partial charge in [0.1, 0.15) is 0 Å². The number of nitrogens with two attached hydrogens (primary N) is 1. The Kier molecular flexibility index (Phi) is 4.12. The highest BCUT2D eigenvalue weighted by Crippen LogP contribution is 2.15. The molecule has 0 aliphatic heterocycles. The van der Waals surface area contributed by atoms with Crippen LogP contribution >= 0.6 is 0 Å². The molecule has 3 N–H and O–H groups in total. The lowest BCUT2D eigenvalue weighted by Crippen LogP contribution is -2.10. The van der Waals surface area contributed by atoms with E-state index in [9.17, 15) is 4.79 Å². The first-order valence-electron chi connectivity index (χ1n) is 4.89. The van der Waals surface area contributed by atoms with Gasteiger partial charge in [-0.15, -0.1) is 0 Å². The van der Waals surface area contributed by atoms with Crippen LogP contribution in [0.5, 0.6) is 0 Å². The van der Waals surface area contributed by atoms with Gasteiger partial charge in [-0.05, 0) is 37.1 Å². The lowest BCUT2D eigenvalue weighted by atomic mass is 10.1. The normalized spacial score (nSPS) is 9.80. The van der Waals surface area contributed by atoms with Crippen molar-refractivity contribution < 1.29 is 9.53 Å². The van der Waals surface area contributed by atoms with E-state index < -0.39 is 0 Å². The van der Waals surface area contributed by atoms with E-state index in [2.05, 4.69) is 5.43 Å². The number of carbonyl (C=O) groups is 1. The van der Waals surface area contributed by atoms with Crippen LogP contribution in [0.15, 0.2) is 18.2 Å². The van der Waals surface area contributed by atoms with Gasteiger partial charge in [0, 0.05) is 5.69 Å². The van der Waals surface area contributed by atoms with Gasteiger partial charge in [-0.1, -0.05) is 6.07 Å². The number of hydrogen-bond donors (Lipinski definition) is 2. The summed E-state index contributed by atoms with van der Waals surface area (Å²) in [5.41, 5.74) is 5.38. The van der Waals surface area contributed by atoms with Crippen LogP contribution in [0.4, 0.5) is 5.69 Å². The molecule has 0 spiro atoms. The van der Waals surface area contributed by atoms with Crippen LogP contribution in [0, 0.1) is 6.92 Å². The molecule has 0 unspecified atom stereocenters. The minimum atomic E-state index is -0.200. The summed E-state index contributed by atoms with van der Waals surface area (Å²) in [6, 6.07) is 5.61. The van der Waals surface area contributed by atoms with Crippen molar-refractivity contribution in [1.82, 2.24) is 0 Å². The zero-order chi connectivity index (χ0) is 11.3. The quantitative estimate of drug-likeness (QED) is 0.446. The molecule has 1 rings (SSSR count). The van der Waals surface area contributed by atoms with Gasteiger partial charge in [-0.3, -0.25) is 10.6 Å². The van der Waals surface area contributed by atoms with Crippen molar-refractivity contribution >= 4 is 11.7 Å². The Morgan fingerprint density at radius 2 is 2.27 bits per heavy atom. The fourth-order valence-electron chi connectivity index (χ4n) is 1.35. The van der Waals surface area contributed by atoms with E-state index >= 15 is 0 Å². The first-order chi connectivity index (χ1) is 7.17. The molecule has 0 fully saturated rings. The molecule has 0 atom stereocenters. The van der Waals surface area contributed by atoms with Gasteiger partial charge in [0.25, 0.3) is 0 Å². The number of esters is 1. The molecule has 1 aromatic rings. The zero-order valence-electron chi connectivity index (χ0n) is 9.04. The number of benzene rings is 1. The third-order valence-electron chi connectivity index (χ3n) is 2.15. The summed E-state index contributed by atoms with van der Waals surface area (Å²) in [7, 11) is 0. The Bertz CT molecular complexity index is 350. The van der Waals surface area contributed by atoms with E-state index in [4.69, 9.17) is 10.6 Å². The van der Waals surface area contributed by atoms with Gasteiger partial charge in [0.05, 0.1) is 13.0 Å². The van der Waals surface area contributed by atoms with Crippen molar-refractivity contribution in [3.63, 3.8) is 0 Å². The molecule has 15 heavy (non-hydrogen) atoms. The zero-order valence-corrected chi connectivity index (χ0v) is 9.04. The molecule has 0 aromatic heterocycles. The van der Waals surface area contributed by atoms with Crippen molar-refractivity contribution in [2.75, 3.05) is 12.0 Å². The predicted octanol–water partition coefficient (Wildman–Crippen LogP) is 1.39. The summed E-state index contributed by atoms with van der Waals surface area (Å²) < 4.78 is 4.88. The second-order valence-corrected chi connectivity index (χ2v) is 3.27. The smallest absolute Gasteiger partial charge is 0.310 e. The van der Waals surface area contributed by atoms with Gasteiger partial charge >= 0.3 is 5.97 Å². The van der Waals surface area contributed by atoms with Crippen molar-refractivity contribution in [2.24, 2.45) is 5.84 Å². The number of aryl methyl sites for hydroxylation is 1. The summed E-state index contributed by atoms with van der Waals surface area (Å²) in [5.74, 6) is 5.08. The minimum Gasteiger partial charge on any atom is -0.466 e. The molecule has 0 saturated carbocycles. The molecule has 0 amide bonds. The number of rotatable bonds is 4. The SMILES string of the molecule is CCOC(=O)Cc1ccc(NN)cc1C. The molecule has 82 valence electrons. The fraction of sp³-hybridized carbons (Fsp3) is 0.364. The van der Waals surface area contributed by atoms with E-state index in [0.717, 1.165) is 16.8 Å². The summed E-state index contributed by atoms with van der Waals surface area (Å²) in [4.78, 5) is 11.3. The number of carbonyl (C=O) groups excluding carboxylic acids is 1. The molecule has 4 heteroatoms. The number of hydrazine groups is 1. The van der Waals surface area contributed by atoms with E-state index in [0.29, 0.717) is 13.0 Å². The molecule has 1 aromatic carbocycles. The van der Waals surface area contributed by atoms with Gasteiger partial charge in [0.2, 0.25) is 0 Å². The minimum absolute atomic E-state index is 0.200. The van der Waals surface area contributed by atoms with E-state index in [1.807, 2.05) is 25.1 Å². The average molecular weight is 208 g/mol. The van der Waals surface area contributed by atoms with Gasteiger partial charge in [-0.25, -0.2) is 0 Å². The molecule has 0 aliphatic carbocycles. The lowest BCUT2D eigenvalue weighted by molar-refractivity contribution is -0.142. The van der Waals surface area contributed by atoms with Crippen molar-refractivity contribution in [3.8, 4) is 0 Å². The predicted molar refractivity (Wildman–Crippen MR) is 59.3 cm³/mol. The van der Waals surface area contributed by atoms with Crippen LogP contribution in [0.25, 0.3) is 0 Å². The third kappa shape index (κ3) is 3.25. The van der Waals surface area contributed by atoms with Crippen LogP contribution in [0.2, 0.25) is 0 Å². The summed E-state index contributed by atoms with van der Waals surface area (Å²) in [6.07, 6.45) is 0.310. The number of nitrogens with one attached hydrogen (secondary N) is 1. The fourth-order valence-corrected chi connectivity index (χ4v) is 1.35. The Hall–Kier alpha value is -1.55.